The summed E-state index contributed by atoms with van der Waals surface area (Å²) >= 11 is 0. The summed E-state index contributed by atoms with van der Waals surface area (Å²) < 4.78 is 0. The number of hydrogen-bond acceptors (Lipinski definition) is 4. The molecule has 0 bridgehead atoms. The molecule has 1 fully saturated rings. The Hall–Kier alpha value is -3.14. The van der Waals surface area contributed by atoms with Crippen molar-refractivity contribution in [3.8, 4) is 0 Å². The van der Waals surface area contributed by atoms with E-state index in [-0.39, 0.29) is 0 Å². The first-order chi connectivity index (χ1) is 13.4. The molecule has 4 heteroatoms. The summed E-state index contributed by atoms with van der Waals surface area (Å²) in [5, 5.41) is 0. The molecular weight excluding hydrogens is 332 g/mol. The summed E-state index contributed by atoms with van der Waals surface area (Å²) in [7, 11) is 0. The summed E-state index contributed by atoms with van der Waals surface area (Å²) in [6.45, 7) is 4.77. The van der Waals surface area contributed by atoms with Crippen LogP contribution in [0.1, 0.15) is 16.7 Å². The highest BCUT2D eigenvalue weighted by Gasteiger charge is 2.21. The number of hydrogen-bond donors (Lipinski definition) is 0. The van der Waals surface area contributed by atoms with E-state index in [1.54, 1.807) is 0 Å². The van der Waals surface area contributed by atoms with Gasteiger partial charge in [-0.2, -0.15) is 0 Å². The molecule has 5 rings (SSSR count). The zero-order valence-electron chi connectivity index (χ0n) is 15.3. The fraction of sp³-hybridized carbons (Fsp3) is 0.217. The Morgan fingerprint density at radius 2 is 1.48 bits per heavy atom. The largest absolute Gasteiger partial charge is 0.368 e. The van der Waals surface area contributed by atoms with Crippen molar-refractivity contribution in [2.75, 3.05) is 36.0 Å². The molecule has 0 atom stereocenters. The van der Waals surface area contributed by atoms with Crippen molar-refractivity contribution < 1.29 is 0 Å². The van der Waals surface area contributed by atoms with Gasteiger partial charge in [-0.3, -0.25) is 4.99 Å². The van der Waals surface area contributed by atoms with Gasteiger partial charge in [-0.1, -0.05) is 42.5 Å². The van der Waals surface area contributed by atoms with Gasteiger partial charge < -0.3 is 9.80 Å². The molecule has 2 aliphatic heterocycles. The second-order valence-electron chi connectivity index (χ2n) is 7.03. The maximum atomic E-state index is 4.77. The first-order valence-electron chi connectivity index (χ1n) is 9.52. The lowest BCUT2D eigenvalue weighted by atomic mass is 10.0. The quantitative estimate of drug-likeness (QED) is 0.718. The zero-order valence-corrected chi connectivity index (χ0v) is 15.3. The predicted molar refractivity (Wildman–Crippen MR) is 111 cm³/mol. The molecule has 4 nitrogen and oxygen atoms in total. The average Bonchev–Trinajstić information content (AvgIpc) is 3.19. The smallest absolute Gasteiger partial charge is 0.129 e. The normalized spacial score (nSPS) is 16.2. The molecule has 3 heterocycles. The SMILES string of the molecule is c1ccc(N2CCN(c3cc(C4=NCc5ccccc54)ccn3)CC2)cc1. The highest BCUT2D eigenvalue weighted by atomic mass is 15.3. The van der Waals surface area contributed by atoms with Crippen molar-refractivity contribution in [1.29, 1.82) is 0 Å². The van der Waals surface area contributed by atoms with E-state index in [0.717, 1.165) is 49.8 Å². The van der Waals surface area contributed by atoms with Crippen molar-refractivity contribution in [3.05, 3.63) is 89.6 Å². The van der Waals surface area contributed by atoms with Crippen LogP contribution in [0.25, 0.3) is 0 Å². The molecule has 0 N–H and O–H groups in total. The Labute approximate surface area is 159 Å². The number of aromatic nitrogens is 1. The third-order valence-electron chi connectivity index (χ3n) is 5.42. The van der Waals surface area contributed by atoms with Crippen molar-refractivity contribution in [2.24, 2.45) is 4.99 Å². The molecule has 0 saturated carbocycles. The van der Waals surface area contributed by atoms with E-state index in [4.69, 9.17) is 4.99 Å². The highest BCUT2D eigenvalue weighted by Crippen LogP contribution is 2.25. The lowest BCUT2D eigenvalue weighted by molar-refractivity contribution is 0.647. The second kappa shape index (κ2) is 6.88. The molecule has 3 aromatic rings. The minimum atomic E-state index is 0.777. The molecule has 1 saturated heterocycles. The van der Waals surface area contributed by atoms with Crippen molar-refractivity contribution in [3.63, 3.8) is 0 Å². The lowest BCUT2D eigenvalue weighted by Crippen LogP contribution is -2.46. The van der Waals surface area contributed by atoms with Crippen LogP contribution < -0.4 is 9.80 Å². The predicted octanol–water partition coefficient (Wildman–Crippen LogP) is 3.76. The third-order valence-corrected chi connectivity index (χ3v) is 5.42. The molecular formula is C23H22N4. The van der Waals surface area contributed by atoms with Crippen molar-refractivity contribution >= 4 is 17.2 Å². The maximum Gasteiger partial charge on any atom is 0.129 e. The number of aliphatic imine (C=N–C) groups is 1. The Bertz CT molecular complexity index is 972. The van der Waals surface area contributed by atoms with Crippen LogP contribution in [0.3, 0.4) is 0 Å². The van der Waals surface area contributed by atoms with Crippen LogP contribution in [0, 0.1) is 0 Å². The summed E-state index contributed by atoms with van der Waals surface area (Å²) in [5.74, 6) is 1.05. The Morgan fingerprint density at radius 3 is 2.33 bits per heavy atom. The average molecular weight is 354 g/mol. The van der Waals surface area contributed by atoms with Gasteiger partial charge in [0.25, 0.3) is 0 Å². The molecule has 2 aromatic carbocycles. The Balaban J connectivity index is 1.34. The van der Waals surface area contributed by atoms with Crippen LogP contribution in [-0.4, -0.2) is 36.9 Å². The number of pyridine rings is 1. The van der Waals surface area contributed by atoms with E-state index in [1.165, 1.54) is 16.8 Å². The summed E-state index contributed by atoms with van der Waals surface area (Å²) in [6.07, 6.45) is 1.91. The van der Waals surface area contributed by atoms with Gasteiger partial charge in [0, 0.05) is 49.2 Å². The molecule has 0 amide bonds. The van der Waals surface area contributed by atoms with Gasteiger partial charge in [-0.15, -0.1) is 0 Å². The standard InChI is InChI=1S/C23H22N4/c1-2-7-20(8-3-1)26-12-14-27(15-13-26)22-16-18(10-11-24-22)23-21-9-5-4-6-19(21)17-25-23/h1-11,16H,12-15,17H2. The van der Waals surface area contributed by atoms with Gasteiger partial charge >= 0.3 is 0 Å². The number of nitrogens with zero attached hydrogens (tertiary/aromatic N) is 4. The summed E-state index contributed by atoms with van der Waals surface area (Å²) in [4.78, 5) is 14.2. The molecule has 0 spiro atoms. The zero-order chi connectivity index (χ0) is 18.1. The van der Waals surface area contributed by atoms with Crippen molar-refractivity contribution in [1.82, 2.24) is 4.98 Å². The van der Waals surface area contributed by atoms with E-state index in [1.807, 2.05) is 6.20 Å². The topological polar surface area (TPSA) is 31.7 Å². The fourth-order valence-electron chi connectivity index (χ4n) is 3.96. The molecule has 134 valence electrons. The number of rotatable bonds is 3. The number of benzene rings is 2. The molecule has 0 radical (unpaired) electrons. The van der Waals surface area contributed by atoms with E-state index >= 15 is 0 Å². The minimum Gasteiger partial charge on any atom is -0.368 e. The second-order valence-corrected chi connectivity index (χ2v) is 7.03. The summed E-state index contributed by atoms with van der Waals surface area (Å²) in [5.41, 5.74) is 6.12. The maximum absolute atomic E-state index is 4.77. The van der Waals surface area contributed by atoms with Gasteiger partial charge in [0.1, 0.15) is 5.82 Å². The van der Waals surface area contributed by atoms with Gasteiger partial charge in [0.15, 0.2) is 0 Å². The molecule has 2 aliphatic rings. The first-order valence-corrected chi connectivity index (χ1v) is 9.52. The van der Waals surface area contributed by atoms with Gasteiger partial charge in [-0.05, 0) is 29.8 Å². The van der Waals surface area contributed by atoms with Crippen LogP contribution >= 0.6 is 0 Å². The Morgan fingerprint density at radius 1 is 0.741 bits per heavy atom. The first kappa shape index (κ1) is 16.1. The Kier molecular flexibility index (Phi) is 4.09. The lowest BCUT2D eigenvalue weighted by Gasteiger charge is -2.36. The van der Waals surface area contributed by atoms with E-state index in [0.29, 0.717) is 0 Å². The fourth-order valence-corrected chi connectivity index (χ4v) is 3.96. The van der Waals surface area contributed by atoms with Crippen LogP contribution in [0.4, 0.5) is 11.5 Å². The van der Waals surface area contributed by atoms with Gasteiger partial charge in [0.05, 0.1) is 12.3 Å². The molecule has 27 heavy (non-hydrogen) atoms. The van der Waals surface area contributed by atoms with E-state index < -0.39 is 0 Å². The number of para-hydroxylation sites is 1. The molecule has 1 aromatic heterocycles. The number of fused-ring (bicyclic) bond motifs is 1. The van der Waals surface area contributed by atoms with Crippen LogP contribution in [0.5, 0.6) is 0 Å². The summed E-state index contributed by atoms with van der Waals surface area (Å²) in [6, 6.07) is 23.4. The van der Waals surface area contributed by atoms with Gasteiger partial charge in [-0.25, -0.2) is 4.98 Å². The van der Waals surface area contributed by atoms with E-state index in [2.05, 4.69) is 81.5 Å². The third kappa shape index (κ3) is 3.08. The highest BCUT2D eigenvalue weighted by molar-refractivity contribution is 6.15. The van der Waals surface area contributed by atoms with Crippen LogP contribution in [0.15, 0.2) is 77.9 Å². The van der Waals surface area contributed by atoms with Crippen LogP contribution in [-0.2, 0) is 6.54 Å². The van der Waals surface area contributed by atoms with E-state index in [9.17, 15) is 0 Å². The molecule has 0 aliphatic carbocycles. The van der Waals surface area contributed by atoms with Crippen molar-refractivity contribution in [2.45, 2.75) is 6.54 Å². The molecule has 0 unspecified atom stereocenters. The van der Waals surface area contributed by atoms with Gasteiger partial charge in [0.2, 0.25) is 0 Å². The number of piperazine rings is 1. The van der Waals surface area contributed by atoms with Crippen LogP contribution in [0.2, 0.25) is 0 Å². The minimum absolute atomic E-state index is 0.777. The number of anilines is 2. The monoisotopic (exact) mass is 354 g/mol.